The van der Waals surface area contributed by atoms with E-state index >= 15 is 0 Å². The molecular formula is C15H24N2. The number of benzene rings is 1. The zero-order valence-electron chi connectivity index (χ0n) is 11.5. The van der Waals surface area contributed by atoms with Crippen LogP contribution in [0.3, 0.4) is 0 Å². The highest BCUT2D eigenvalue weighted by atomic mass is 15.2. The summed E-state index contributed by atoms with van der Waals surface area (Å²) in [6.07, 6.45) is 0. The van der Waals surface area contributed by atoms with Gasteiger partial charge in [-0.25, -0.2) is 0 Å². The highest BCUT2D eigenvalue weighted by Crippen LogP contribution is 2.34. The third-order valence-electron chi connectivity index (χ3n) is 3.76. The molecule has 2 N–H and O–H groups in total. The molecule has 2 heteroatoms. The minimum atomic E-state index is 0.0761. The lowest BCUT2D eigenvalue weighted by Crippen LogP contribution is -2.53. The first-order valence-corrected chi connectivity index (χ1v) is 6.40. The summed E-state index contributed by atoms with van der Waals surface area (Å²) < 4.78 is 0. The lowest BCUT2D eigenvalue weighted by molar-refractivity contribution is 0.276. The van der Waals surface area contributed by atoms with Crippen LogP contribution in [0.5, 0.6) is 0 Å². The summed E-state index contributed by atoms with van der Waals surface area (Å²) in [5.41, 5.74) is 9.01. The molecular weight excluding hydrogens is 208 g/mol. The van der Waals surface area contributed by atoms with E-state index in [-0.39, 0.29) is 5.41 Å². The quantitative estimate of drug-likeness (QED) is 0.868. The molecule has 1 aromatic carbocycles. The number of hydrogen-bond acceptors (Lipinski definition) is 2. The smallest absolute Gasteiger partial charge is 0.0366 e. The van der Waals surface area contributed by atoms with Crippen molar-refractivity contribution in [2.45, 2.75) is 33.1 Å². The number of rotatable bonds is 3. The monoisotopic (exact) mass is 232 g/mol. The van der Waals surface area contributed by atoms with Crippen LogP contribution in [0, 0.1) is 5.41 Å². The van der Waals surface area contributed by atoms with E-state index in [1.807, 2.05) is 0 Å². The van der Waals surface area contributed by atoms with Gasteiger partial charge >= 0.3 is 0 Å². The van der Waals surface area contributed by atoms with Crippen molar-refractivity contribution in [1.29, 1.82) is 0 Å². The predicted molar refractivity (Wildman–Crippen MR) is 74.5 cm³/mol. The Morgan fingerprint density at radius 1 is 1.18 bits per heavy atom. The maximum Gasteiger partial charge on any atom is 0.0366 e. The molecule has 1 aliphatic rings. The van der Waals surface area contributed by atoms with Crippen molar-refractivity contribution in [2.24, 2.45) is 11.1 Å². The van der Waals surface area contributed by atoms with Crippen LogP contribution in [-0.2, 0) is 5.41 Å². The summed E-state index contributed by atoms with van der Waals surface area (Å²) in [6.45, 7) is 12.0. The van der Waals surface area contributed by atoms with E-state index < -0.39 is 0 Å². The second-order valence-electron chi connectivity index (χ2n) is 6.66. The zero-order chi connectivity index (χ0) is 12.7. The average molecular weight is 232 g/mol. The van der Waals surface area contributed by atoms with E-state index in [9.17, 15) is 0 Å². The maximum atomic E-state index is 5.80. The van der Waals surface area contributed by atoms with E-state index in [0.29, 0.717) is 12.0 Å². The molecule has 0 unspecified atom stereocenters. The molecule has 1 heterocycles. The molecule has 0 aliphatic carbocycles. The van der Waals surface area contributed by atoms with Gasteiger partial charge in [-0.1, -0.05) is 39.8 Å². The molecule has 0 saturated carbocycles. The van der Waals surface area contributed by atoms with Crippen LogP contribution >= 0.6 is 0 Å². The largest absolute Gasteiger partial charge is 0.370 e. The van der Waals surface area contributed by atoms with E-state index in [2.05, 4.69) is 56.9 Å². The maximum absolute atomic E-state index is 5.80. The molecule has 2 rings (SSSR count). The molecule has 1 saturated heterocycles. The standard InChI is InChI=1S/C15H24N2/c1-14(2)10-17(11-14)13-7-5-12(6-8-13)15(3,4)9-16/h5-8H,9-11,16H2,1-4H3. The van der Waals surface area contributed by atoms with Crippen LogP contribution in [0.2, 0.25) is 0 Å². The van der Waals surface area contributed by atoms with Crippen molar-refractivity contribution >= 4 is 5.69 Å². The van der Waals surface area contributed by atoms with Gasteiger partial charge in [0.2, 0.25) is 0 Å². The van der Waals surface area contributed by atoms with Gasteiger partial charge < -0.3 is 10.6 Å². The Morgan fingerprint density at radius 3 is 2.12 bits per heavy atom. The van der Waals surface area contributed by atoms with Crippen molar-refractivity contribution in [3.8, 4) is 0 Å². The fourth-order valence-electron chi connectivity index (χ4n) is 2.41. The Kier molecular flexibility index (Phi) is 2.94. The molecule has 17 heavy (non-hydrogen) atoms. The number of nitrogens with zero attached hydrogens (tertiary/aromatic N) is 1. The van der Waals surface area contributed by atoms with Crippen molar-refractivity contribution in [1.82, 2.24) is 0 Å². The molecule has 2 nitrogen and oxygen atoms in total. The lowest BCUT2D eigenvalue weighted by Gasteiger charge is -2.47. The van der Waals surface area contributed by atoms with Crippen molar-refractivity contribution in [3.05, 3.63) is 29.8 Å². The number of nitrogens with two attached hydrogens (primary N) is 1. The van der Waals surface area contributed by atoms with Crippen molar-refractivity contribution in [2.75, 3.05) is 24.5 Å². The molecule has 1 aromatic rings. The molecule has 0 radical (unpaired) electrons. The van der Waals surface area contributed by atoms with Crippen LogP contribution in [0.25, 0.3) is 0 Å². The first kappa shape index (κ1) is 12.4. The lowest BCUT2D eigenvalue weighted by atomic mass is 9.82. The van der Waals surface area contributed by atoms with Gasteiger partial charge in [-0.3, -0.25) is 0 Å². The van der Waals surface area contributed by atoms with Crippen LogP contribution in [0.4, 0.5) is 5.69 Å². The van der Waals surface area contributed by atoms with Gasteiger partial charge in [0.05, 0.1) is 0 Å². The minimum absolute atomic E-state index is 0.0761. The summed E-state index contributed by atoms with van der Waals surface area (Å²) in [6, 6.07) is 8.88. The van der Waals surface area contributed by atoms with Gasteiger partial charge in [0.1, 0.15) is 0 Å². The summed E-state index contributed by atoms with van der Waals surface area (Å²) in [4.78, 5) is 2.43. The van der Waals surface area contributed by atoms with Crippen LogP contribution in [-0.4, -0.2) is 19.6 Å². The Hall–Kier alpha value is -1.02. The van der Waals surface area contributed by atoms with Gasteiger partial charge in [-0.2, -0.15) is 0 Å². The zero-order valence-corrected chi connectivity index (χ0v) is 11.5. The average Bonchev–Trinajstić information content (AvgIpc) is 2.26. The highest BCUT2D eigenvalue weighted by molar-refractivity contribution is 5.51. The molecule has 94 valence electrons. The molecule has 0 aromatic heterocycles. The van der Waals surface area contributed by atoms with E-state index in [1.54, 1.807) is 0 Å². The molecule has 0 bridgehead atoms. The van der Waals surface area contributed by atoms with Crippen molar-refractivity contribution in [3.63, 3.8) is 0 Å². The Morgan fingerprint density at radius 2 is 1.71 bits per heavy atom. The van der Waals surface area contributed by atoms with Crippen LogP contribution in [0.1, 0.15) is 33.3 Å². The second-order valence-corrected chi connectivity index (χ2v) is 6.66. The molecule has 0 atom stereocenters. The fraction of sp³-hybridized carbons (Fsp3) is 0.600. The summed E-state index contributed by atoms with van der Waals surface area (Å²) in [5.74, 6) is 0. The fourth-order valence-corrected chi connectivity index (χ4v) is 2.41. The number of anilines is 1. The van der Waals surface area contributed by atoms with E-state index in [0.717, 1.165) is 13.1 Å². The van der Waals surface area contributed by atoms with Gasteiger partial charge in [0.25, 0.3) is 0 Å². The SMILES string of the molecule is CC1(C)CN(c2ccc(C(C)(C)CN)cc2)C1. The third kappa shape index (κ3) is 2.47. The molecule has 0 amide bonds. The normalized spacial score (nSPS) is 19.0. The highest BCUT2D eigenvalue weighted by Gasteiger charge is 2.34. The first-order chi connectivity index (χ1) is 7.84. The van der Waals surface area contributed by atoms with E-state index in [4.69, 9.17) is 5.73 Å². The van der Waals surface area contributed by atoms with Crippen LogP contribution < -0.4 is 10.6 Å². The van der Waals surface area contributed by atoms with Gasteiger partial charge in [0.15, 0.2) is 0 Å². The third-order valence-corrected chi connectivity index (χ3v) is 3.76. The van der Waals surface area contributed by atoms with Crippen LogP contribution in [0.15, 0.2) is 24.3 Å². The number of hydrogen-bond donors (Lipinski definition) is 1. The molecule has 1 fully saturated rings. The summed E-state index contributed by atoms with van der Waals surface area (Å²) >= 11 is 0. The molecule has 1 aliphatic heterocycles. The van der Waals surface area contributed by atoms with Gasteiger partial charge in [0, 0.05) is 30.7 Å². The molecule has 0 spiro atoms. The topological polar surface area (TPSA) is 29.3 Å². The minimum Gasteiger partial charge on any atom is -0.370 e. The predicted octanol–water partition coefficient (Wildman–Crippen LogP) is 2.77. The van der Waals surface area contributed by atoms with Gasteiger partial charge in [-0.15, -0.1) is 0 Å². The first-order valence-electron chi connectivity index (χ1n) is 6.40. The second kappa shape index (κ2) is 4.02. The van der Waals surface area contributed by atoms with Crippen molar-refractivity contribution < 1.29 is 0 Å². The summed E-state index contributed by atoms with van der Waals surface area (Å²) in [5, 5.41) is 0. The Bertz CT molecular complexity index is 382. The Balaban J connectivity index is 2.09. The van der Waals surface area contributed by atoms with Gasteiger partial charge in [-0.05, 0) is 23.1 Å². The van der Waals surface area contributed by atoms with E-state index in [1.165, 1.54) is 11.3 Å². The Labute approximate surface area is 105 Å². The summed E-state index contributed by atoms with van der Waals surface area (Å²) in [7, 11) is 0.